The molecule has 0 aromatic rings. The molecule has 3 heteroatoms. The molecule has 4 rings (SSSR count). The summed E-state index contributed by atoms with van der Waals surface area (Å²) in [5, 5.41) is 3.75. The van der Waals surface area contributed by atoms with Gasteiger partial charge in [-0.1, -0.05) is 12.8 Å². The largest absolute Gasteiger partial charge is 0.375 e. The Morgan fingerprint density at radius 2 is 1.90 bits per heavy atom. The third-order valence-electron chi connectivity index (χ3n) is 6.65. The molecule has 21 heavy (non-hydrogen) atoms. The average molecular weight is 292 g/mol. The molecule has 120 valence electrons. The lowest BCUT2D eigenvalue weighted by atomic mass is 9.84. The number of nitrogens with zero attached hydrogens (tertiary/aromatic N) is 1. The van der Waals surface area contributed by atoms with E-state index in [2.05, 4.69) is 10.2 Å². The number of piperidine rings is 1. The van der Waals surface area contributed by atoms with E-state index in [4.69, 9.17) is 4.74 Å². The molecular formula is C18H32N2O. The van der Waals surface area contributed by atoms with Crippen LogP contribution in [0.3, 0.4) is 0 Å². The summed E-state index contributed by atoms with van der Waals surface area (Å²) in [6.07, 6.45) is 13.7. The lowest BCUT2D eigenvalue weighted by Crippen LogP contribution is -2.52. The van der Waals surface area contributed by atoms with Crippen LogP contribution in [0.1, 0.15) is 64.2 Å². The summed E-state index contributed by atoms with van der Waals surface area (Å²) in [4.78, 5) is 2.84. The monoisotopic (exact) mass is 292 g/mol. The highest BCUT2D eigenvalue weighted by molar-refractivity contribution is 4.96. The molecule has 4 aliphatic rings. The highest BCUT2D eigenvalue weighted by Gasteiger charge is 2.42. The molecule has 0 aromatic carbocycles. The van der Waals surface area contributed by atoms with Gasteiger partial charge in [0.05, 0.1) is 5.60 Å². The minimum Gasteiger partial charge on any atom is -0.375 e. The van der Waals surface area contributed by atoms with Crippen molar-refractivity contribution in [3.63, 3.8) is 0 Å². The second kappa shape index (κ2) is 6.17. The molecule has 3 saturated heterocycles. The van der Waals surface area contributed by atoms with Crippen LogP contribution in [-0.2, 0) is 4.74 Å². The number of ether oxygens (including phenoxy) is 1. The first-order valence-corrected chi connectivity index (χ1v) is 9.46. The zero-order chi connectivity index (χ0) is 14.1. The highest BCUT2D eigenvalue weighted by Crippen LogP contribution is 2.42. The fourth-order valence-corrected chi connectivity index (χ4v) is 5.50. The van der Waals surface area contributed by atoms with Crippen molar-refractivity contribution in [3.05, 3.63) is 0 Å². The van der Waals surface area contributed by atoms with Gasteiger partial charge in [-0.3, -0.25) is 4.90 Å². The van der Waals surface area contributed by atoms with Crippen molar-refractivity contribution in [1.29, 1.82) is 0 Å². The Balaban J connectivity index is 1.38. The van der Waals surface area contributed by atoms with Crippen LogP contribution in [-0.4, -0.2) is 48.8 Å². The Hall–Kier alpha value is -0.120. The molecule has 0 radical (unpaired) electrons. The second-order valence-electron chi connectivity index (χ2n) is 7.99. The molecule has 3 nitrogen and oxygen atoms in total. The third kappa shape index (κ3) is 3.02. The second-order valence-corrected chi connectivity index (χ2v) is 7.99. The predicted molar refractivity (Wildman–Crippen MR) is 85.5 cm³/mol. The van der Waals surface area contributed by atoms with Gasteiger partial charge in [0, 0.05) is 25.2 Å². The predicted octanol–water partition coefficient (Wildman–Crippen LogP) is 2.94. The number of hydrogen-bond donors (Lipinski definition) is 1. The molecule has 0 bridgehead atoms. The van der Waals surface area contributed by atoms with Crippen molar-refractivity contribution in [2.45, 2.75) is 81.9 Å². The van der Waals surface area contributed by atoms with Gasteiger partial charge >= 0.3 is 0 Å². The molecule has 1 saturated carbocycles. The SMILES string of the molecule is C1CNC(C2CCCN(C3CCOC4(CCCC4)C3)C2)C1. The average Bonchev–Trinajstić information content (AvgIpc) is 3.20. The molecule has 3 heterocycles. The number of hydrogen-bond acceptors (Lipinski definition) is 3. The van der Waals surface area contributed by atoms with Crippen molar-refractivity contribution in [2.24, 2.45) is 5.92 Å². The van der Waals surface area contributed by atoms with Crippen molar-refractivity contribution < 1.29 is 4.74 Å². The molecule has 3 unspecified atom stereocenters. The van der Waals surface area contributed by atoms with Crippen LogP contribution in [0.4, 0.5) is 0 Å². The molecule has 1 aliphatic carbocycles. The summed E-state index contributed by atoms with van der Waals surface area (Å²) < 4.78 is 6.24. The molecule has 1 N–H and O–H groups in total. The van der Waals surface area contributed by atoms with E-state index in [0.29, 0.717) is 0 Å². The summed E-state index contributed by atoms with van der Waals surface area (Å²) in [6, 6.07) is 1.62. The topological polar surface area (TPSA) is 24.5 Å². The molecule has 0 aromatic heterocycles. The molecule has 3 atom stereocenters. The van der Waals surface area contributed by atoms with Crippen molar-refractivity contribution in [1.82, 2.24) is 10.2 Å². The van der Waals surface area contributed by atoms with Crippen LogP contribution in [0.25, 0.3) is 0 Å². The number of rotatable bonds is 2. The summed E-state index contributed by atoms with van der Waals surface area (Å²) in [5.74, 6) is 0.906. The van der Waals surface area contributed by atoms with E-state index in [1.54, 1.807) is 0 Å². The minimum absolute atomic E-state index is 0.279. The molecular weight excluding hydrogens is 260 g/mol. The van der Waals surface area contributed by atoms with Crippen LogP contribution >= 0.6 is 0 Å². The van der Waals surface area contributed by atoms with E-state index in [0.717, 1.165) is 24.6 Å². The third-order valence-corrected chi connectivity index (χ3v) is 6.65. The van der Waals surface area contributed by atoms with Gasteiger partial charge in [0.2, 0.25) is 0 Å². The van der Waals surface area contributed by atoms with E-state index >= 15 is 0 Å². The van der Waals surface area contributed by atoms with Gasteiger partial charge in [0.15, 0.2) is 0 Å². The maximum absolute atomic E-state index is 6.24. The van der Waals surface area contributed by atoms with Gasteiger partial charge in [-0.2, -0.15) is 0 Å². The first-order valence-electron chi connectivity index (χ1n) is 9.46. The van der Waals surface area contributed by atoms with E-state index < -0.39 is 0 Å². The van der Waals surface area contributed by atoms with Gasteiger partial charge in [-0.15, -0.1) is 0 Å². The van der Waals surface area contributed by atoms with Crippen LogP contribution in [0.2, 0.25) is 0 Å². The standard InChI is InChI=1S/C18H32N2O/c1-2-9-18(8-1)13-16(7-12-21-18)20-11-4-5-15(14-20)17-6-3-10-19-17/h15-17,19H,1-14H2. The number of nitrogens with one attached hydrogen (secondary N) is 1. The Kier molecular flexibility index (Phi) is 4.25. The van der Waals surface area contributed by atoms with Crippen molar-refractivity contribution >= 4 is 0 Å². The maximum atomic E-state index is 6.24. The van der Waals surface area contributed by atoms with Gasteiger partial charge in [-0.05, 0) is 70.4 Å². The molecule has 0 amide bonds. The minimum atomic E-state index is 0.279. The van der Waals surface area contributed by atoms with Gasteiger partial charge < -0.3 is 10.1 Å². The maximum Gasteiger partial charge on any atom is 0.0697 e. The van der Waals surface area contributed by atoms with Gasteiger partial charge in [-0.25, -0.2) is 0 Å². The Morgan fingerprint density at radius 3 is 2.71 bits per heavy atom. The number of likely N-dealkylation sites (tertiary alicyclic amines) is 1. The fraction of sp³-hybridized carbons (Fsp3) is 1.00. The molecule has 1 spiro atoms. The summed E-state index contributed by atoms with van der Waals surface area (Å²) in [7, 11) is 0. The van der Waals surface area contributed by atoms with E-state index in [1.165, 1.54) is 83.8 Å². The Morgan fingerprint density at radius 1 is 1.00 bits per heavy atom. The summed E-state index contributed by atoms with van der Waals surface area (Å²) >= 11 is 0. The smallest absolute Gasteiger partial charge is 0.0697 e. The van der Waals surface area contributed by atoms with Crippen LogP contribution in [0.15, 0.2) is 0 Å². The lowest BCUT2D eigenvalue weighted by Gasteiger charge is -2.46. The van der Waals surface area contributed by atoms with Crippen molar-refractivity contribution in [3.8, 4) is 0 Å². The quantitative estimate of drug-likeness (QED) is 0.847. The van der Waals surface area contributed by atoms with E-state index in [1.807, 2.05) is 0 Å². The van der Waals surface area contributed by atoms with E-state index in [9.17, 15) is 0 Å². The molecule has 4 fully saturated rings. The van der Waals surface area contributed by atoms with E-state index in [-0.39, 0.29) is 5.60 Å². The lowest BCUT2D eigenvalue weighted by molar-refractivity contribution is -0.106. The first-order chi connectivity index (χ1) is 10.3. The Labute approximate surface area is 129 Å². The van der Waals surface area contributed by atoms with Crippen molar-refractivity contribution in [2.75, 3.05) is 26.2 Å². The molecule has 3 aliphatic heterocycles. The van der Waals surface area contributed by atoms with Crippen LogP contribution < -0.4 is 5.32 Å². The van der Waals surface area contributed by atoms with Gasteiger partial charge in [0.1, 0.15) is 0 Å². The zero-order valence-electron chi connectivity index (χ0n) is 13.5. The highest BCUT2D eigenvalue weighted by atomic mass is 16.5. The van der Waals surface area contributed by atoms with Gasteiger partial charge in [0.25, 0.3) is 0 Å². The zero-order valence-corrected chi connectivity index (χ0v) is 13.5. The normalized spacial score (nSPS) is 40.9. The van der Waals surface area contributed by atoms with Crippen LogP contribution in [0.5, 0.6) is 0 Å². The summed E-state index contributed by atoms with van der Waals surface area (Å²) in [5.41, 5.74) is 0.279. The Bertz CT molecular complexity index is 347. The van der Waals surface area contributed by atoms with Crippen LogP contribution in [0, 0.1) is 5.92 Å². The fourth-order valence-electron chi connectivity index (χ4n) is 5.50. The summed E-state index contributed by atoms with van der Waals surface area (Å²) in [6.45, 7) is 4.94. The first kappa shape index (κ1) is 14.5.